The lowest BCUT2D eigenvalue weighted by Gasteiger charge is -2.18. The Morgan fingerprint density at radius 1 is 1.20 bits per heavy atom. The van der Waals surface area contributed by atoms with E-state index in [-0.39, 0.29) is 11.5 Å². The van der Waals surface area contributed by atoms with Gasteiger partial charge in [0, 0.05) is 0 Å². The lowest BCUT2D eigenvalue weighted by Crippen LogP contribution is -2.12. The number of rotatable bonds is 4. The maximum Gasteiger partial charge on any atom is 0.124 e. The smallest absolute Gasteiger partial charge is 0.124 e. The quantitative estimate of drug-likeness (QED) is 0.872. The fraction of sp³-hybridized carbons (Fsp3) is 0.588. The summed E-state index contributed by atoms with van der Waals surface area (Å²) in [5.74, 6) is 1.59. The Labute approximate surface area is 122 Å². The molecule has 0 amide bonds. The van der Waals surface area contributed by atoms with Crippen LogP contribution in [0.1, 0.15) is 64.9 Å². The van der Waals surface area contributed by atoms with Gasteiger partial charge in [-0.1, -0.05) is 40.7 Å². The first kappa shape index (κ1) is 15.0. The lowest BCUT2D eigenvalue weighted by atomic mass is 9.87. The van der Waals surface area contributed by atoms with E-state index in [0.717, 1.165) is 29.7 Å². The van der Waals surface area contributed by atoms with Crippen molar-refractivity contribution in [3.63, 3.8) is 0 Å². The highest BCUT2D eigenvalue weighted by Crippen LogP contribution is 2.26. The monoisotopic (exact) mass is 273 g/mol. The molecule has 0 aliphatic rings. The second kappa shape index (κ2) is 5.57. The van der Waals surface area contributed by atoms with Crippen LogP contribution in [0, 0.1) is 5.92 Å². The van der Waals surface area contributed by atoms with Crippen LogP contribution in [0.25, 0.3) is 11.0 Å². The number of nitrogens with zero attached hydrogens (tertiary/aromatic N) is 1. The zero-order chi connectivity index (χ0) is 14.9. The van der Waals surface area contributed by atoms with Gasteiger partial charge in [-0.15, -0.1) is 0 Å². The molecule has 1 atom stereocenters. The molecule has 1 aromatic carbocycles. The number of imidazole rings is 1. The van der Waals surface area contributed by atoms with Crippen LogP contribution in [0.3, 0.4) is 0 Å². The van der Waals surface area contributed by atoms with Gasteiger partial charge in [0.1, 0.15) is 5.82 Å². The molecule has 3 N–H and O–H groups in total. The van der Waals surface area contributed by atoms with Gasteiger partial charge in [0.05, 0.1) is 17.1 Å². The molecule has 0 fully saturated rings. The van der Waals surface area contributed by atoms with E-state index in [2.05, 4.69) is 62.8 Å². The average molecular weight is 273 g/mol. The van der Waals surface area contributed by atoms with Crippen molar-refractivity contribution < 1.29 is 0 Å². The van der Waals surface area contributed by atoms with Crippen molar-refractivity contribution in [1.82, 2.24) is 9.97 Å². The van der Waals surface area contributed by atoms with Crippen molar-refractivity contribution in [2.75, 3.05) is 0 Å². The maximum absolute atomic E-state index is 6.24. The minimum absolute atomic E-state index is 0.00267. The van der Waals surface area contributed by atoms with Crippen LogP contribution < -0.4 is 5.73 Å². The summed E-state index contributed by atoms with van der Waals surface area (Å²) in [6, 6.07) is 6.45. The van der Waals surface area contributed by atoms with Gasteiger partial charge in [0.25, 0.3) is 0 Å². The van der Waals surface area contributed by atoms with Crippen LogP contribution in [0.5, 0.6) is 0 Å². The second-order valence-corrected chi connectivity index (χ2v) is 7.18. The third-order valence-electron chi connectivity index (χ3n) is 3.77. The summed E-state index contributed by atoms with van der Waals surface area (Å²) >= 11 is 0. The molecule has 0 bridgehead atoms. The highest BCUT2D eigenvalue weighted by Gasteiger charge is 2.16. The molecule has 3 nitrogen and oxygen atoms in total. The lowest BCUT2D eigenvalue weighted by molar-refractivity contribution is 0.497. The highest BCUT2D eigenvalue weighted by atomic mass is 15.0. The number of fused-ring (bicyclic) bond motifs is 1. The molecule has 0 saturated carbocycles. The maximum atomic E-state index is 6.24. The number of nitrogens with one attached hydrogen (secondary N) is 1. The molecule has 0 spiro atoms. The number of H-pyrrole nitrogens is 1. The van der Waals surface area contributed by atoms with Crippen molar-refractivity contribution in [2.24, 2.45) is 11.7 Å². The van der Waals surface area contributed by atoms with Crippen molar-refractivity contribution in [3.05, 3.63) is 29.6 Å². The molecule has 110 valence electrons. The summed E-state index contributed by atoms with van der Waals surface area (Å²) in [5.41, 5.74) is 9.80. The van der Waals surface area contributed by atoms with Crippen molar-refractivity contribution >= 4 is 11.0 Å². The molecule has 0 aliphatic carbocycles. The number of hydrogen-bond acceptors (Lipinski definition) is 2. The van der Waals surface area contributed by atoms with Crippen LogP contribution in [0.15, 0.2) is 18.2 Å². The number of benzene rings is 1. The topological polar surface area (TPSA) is 54.7 Å². The van der Waals surface area contributed by atoms with Crippen LogP contribution in [0.2, 0.25) is 0 Å². The summed E-state index contributed by atoms with van der Waals surface area (Å²) in [6.07, 6.45) is 2.11. The molecule has 2 rings (SSSR count). The van der Waals surface area contributed by atoms with Gasteiger partial charge < -0.3 is 10.7 Å². The summed E-state index contributed by atoms with van der Waals surface area (Å²) in [7, 11) is 0. The minimum Gasteiger partial charge on any atom is -0.341 e. The van der Waals surface area contributed by atoms with Gasteiger partial charge in [0.2, 0.25) is 0 Å². The highest BCUT2D eigenvalue weighted by molar-refractivity contribution is 5.76. The predicted octanol–water partition coefficient (Wildman–Crippen LogP) is 4.30. The molecule has 3 heteroatoms. The van der Waals surface area contributed by atoms with Gasteiger partial charge in [0.15, 0.2) is 0 Å². The third kappa shape index (κ3) is 3.40. The number of aromatic amines is 1. The fourth-order valence-corrected chi connectivity index (χ4v) is 2.32. The minimum atomic E-state index is 0.00267. The van der Waals surface area contributed by atoms with Crippen LogP contribution >= 0.6 is 0 Å². The summed E-state index contributed by atoms with van der Waals surface area (Å²) < 4.78 is 0. The Hall–Kier alpha value is -1.35. The van der Waals surface area contributed by atoms with E-state index in [1.54, 1.807) is 0 Å². The van der Waals surface area contributed by atoms with E-state index in [4.69, 9.17) is 5.73 Å². The van der Waals surface area contributed by atoms with Gasteiger partial charge in [-0.3, -0.25) is 0 Å². The molecule has 0 saturated heterocycles. The molecule has 0 unspecified atom stereocenters. The first-order chi connectivity index (χ1) is 9.27. The molecule has 0 aliphatic heterocycles. The zero-order valence-corrected chi connectivity index (χ0v) is 13.3. The second-order valence-electron chi connectivity index (χ2n) is 7.18. The van der Waals surface area contributed by atoms with Crippen LogP contribution in [0.4, 0.5) is 0 Å². The summed E-state index contributed by atoms with van der Waals surface area (Å²) in [5, 5.41) is 0. The summed E-state index contributed by atoms with van der Waals surface area (Å²) in [6.45, 7) is 11.1. The normalized spacial score (nSPS) is 14.2. The van der Waals surface area contributed by atoms with Crippen LogP contribution in [-0.4, -0.2) is 9.97 Å². The Bertz CT molecular complexity index is 575. The molecule has 2 aromatic rings. The van der Waals surface area contributed by atoms with E-state index in [0.29, 0.717) is 5.92 Å². The Morgan fingerprint density at radius 3 is 2.50 bits per heavy atom. The van der Waals surface area contributed by atoms with Gasteiger partial charge in [-0.25, -0.2) is 4.98 Å². The van der Waals surface area contributed by atoms with Crippen molar-refractivity contribution in [1.29, 1.82) is 0 Å². The van der Waals surface area contributed by atoms with Gasteiger partial charge >= 0.3 is 0 Å². The van der Waals surface area contributed by atoms with E-state index in [9.17, 15) is 0 Å². The molecule has 0 radical (unpaired) electrons. The van der Waals surface area contributed by atoms with Gasteiger partial charge in [-0.2, -0.15) is 0 Å². The molecular weight excluding hydrogens is 246 g/mol. The molecule has 1 aromatic heterocycles. The SMILES string of the molecule is CC(C)CC[C@H](N)c1nc2ccc(C(C)(C)C)cc2[nH]1. The largest absolute Gasteiger partial charge is 0.341 e. The van der Waals surface area contributed by atoms with Gasteiger partial charge in [-0.05, 0) is 41.9 Å². The van der Waals surface area contributed by atoms with E-state index >= 15 is 0 Å². The number of nitrogens with two attached hydrogens (primary N) is 1. The van der Waals surface area contributed by atoms with Crippen LogP contribution in [-0.2, 0) is 5.41 Å². The van der Waals surface area contributed by atoms with Crippen molar-refractivity contribution in [2.45, 2.75) is 58.9 Å². The summed E-state index contributed by atoms with van der Waals surface area (Å²) in [4.78, 5) is 8.03. The van der Waals surface area contributed by atoms with E-state index < -0.39 is 0 Å². The number of hydrogen-bond donors (Lipinski definition) is 2. The molecule has 1 heterocycles. The van der Waals surface area contributed by atoms with E-state index in [1.165, 1.54) is 5.56 Å². The Balaban J connectivity index is 2.25. The standard InChI is InChI=1S/C17H27N3/c1-11(2)6-8-13(18)16-19-14-9-7-12(17(3,4)5)10-15(14)20-16/h7,9-11,13H,6,8,18H2,1-5H3,(H,19,20)/t13-/m0/s1. The fourth-order valence-electron chi connectivity index (χ4n) is 2.32. The predicted molar refractivity (Wildman–Crippen MR) is 85.8 cm³/mol. The Kier molecular flexibility index (Phi) is 4.19. The first-order valence-corrected chi connectivity index (χ1v) is 7.53. The van der Waals surface area contributed by atoms with E-state index in [1.807, 2.05) is 0 Å². The van der Waals surface area contributed by atoms with Crippen molar-refractivity contribution in [3.8, 4) is 0 Å². The zero-order valence-electron chi connectivity index (χ0n) is 13.3. The number of aromatic nitrogens is 2. The first-order valence-electron chi connectivity index (χ1n) is 7.53. The molecular formula is C17H27N3. The third-order valence-corrected chi connectivity index (χ3v) is 3.77. The average Bonchev–Trinajstić information content (AvgIpc) is 2.77. The molecule has 20 heavy (non-hydrogen) atoms. The Morgan fingerprint density at radius 2 is 1.90 bits per heavy atom.